The normalized spacial score (nSPS) is 16.3. The lowest BCUT2D eigenvalue weighted by Crippen LogP contribution is -2.43. The van der Waals surface area contributed by atoms with Crippen LogP contribution < -0.4 is 4.74 Å². The first-order valence-electron chi connectivity index (χ1n) is 11.6. The number of amides is 1. The summed E-state index contributed by atoms with van der Waals surface area (Å²) >= 11 is 0. The van der Waals surface area contributed by atoms with Crippen LogP contribution in [0.5, 0.6) is 5.75 Å². The lowest BCUT2D eigenvalue weighted by atomic mass is 9.96. The topological polar surface area (TPSA) is 73.7 Å². The van der Waals surface area contributed by atoms with Crippen LogP contribution in [0.4, 0.5) is 0 Å². The second kappa shape index (κ2) is 10.7. The number of piperidine rings is 1. The molecule has 1 aliphatic rings. The van der Waals surface area contributed by atoms with Gasteiger partial charge in [0.1, 0.15) is 5.75 Å². The second-order valence-corrected chi connectivity index (χ2v) is 8.67. The fraction of sp³-hybridized carbons (Fsp3) is 0.560. The molecule has 1 saturated heterocycles. The highest BCUT2D eigenvalue weighted by atomic mass is 16.5. The number of hydrogen-bond acceptors (Lipinski definition) is 5. The first-order valence-corrected chi connectivity index (χ1v) is 11.6. The quantitative estimate of drug-likeness (QED) is 0.578. The number of carbonyl (C=O) groups excluding carboxylic acids is 2. The van der Waals surface area contributed by atoms with E-state index in [0.29, 0.717) is 44.0 Å². The van der Waals surface area contributed by atoms with Gasteiger partial charge in [-0.15, -0.1) is 0 Å². The molecule has 174 valence electrons. The van der Waals surface area contributed by atoms with Crippen LogP contribution in [0.3, 0.4) is 0 Å². The fourth-order valence-electron chi connectivity index (χ4n) is 4.32. The van der Waals surface area contributed by atoms with E-state index >= 15 is 0 Å². The van der Waals surface area contributed by atoms with Crippen molar-refractivity contribution in [3.05, 3.63) is 41.2 Å². The van der Waals surface area contributed by atoms with Gasteiger partial charge in [-0.25, -0.2) is 4.68 Å². The minimum Gasteiger partial charge on any atom is -0.497 e. The summed E-state index contributed by atoms with van der Waals surface area (Å²) in [6.45, 7) is 9.51. The number of methoxy groups -OCH3 is 1. The van der Waals surface area contributed by atoms with E-state index in [1.165, 1.54) is 0 Å². The van der Waals surface area contributed by atoms with Crippen molar-refractivity contribution in [1.82, 2.24) is 14.7 Å². The van der Waals surface area contributed by atoms with E-state index < -0.39 is 0 Å². The van der Waals surface area contributed by atoms with Crippen LogP contribution in [0, 0.1) is 11.8 Å². The highest BCUT2D eigenvalue weighted by Gasteiger charge is 2.33. The van der Waals surface area contributed by atoms with E-state index in [9.17, 15) is 9.59 Å². The molecule has 0 saturated carbocycles. The largest absolute Gasteiger partial charge is 0.497 e. The summed E-state index contributed by atoms with van der Waals surface area (Å²) in [6, 6.07) is 7.70. The van der Waals surface area contributed by atoms with Gasteiger partial charge < -0.3 is 14.4 Å². The lowest BCUT2D eigenvalue weighted by Gasteiger charge is -2.31. The molecule has 1 amide bonds. The molecule has 1 unspecified atom stereocenters. The third-order valence-electron chi connectivity index (χ3n) is 5.85. The predicted octanol–water partition coefficient (Wildman–Crippen LogP) is 4.06. The summed E-state index contributed by atoms with van der Waals surface area (Å²) < 4.78 is 12.4. The number of aromatic nitrogens is 2. The van der Waals surface area contributed by atoms with Crippen LogP contribution in [0.15, 0.2) is 24.3 Å². The highest BCUT2D eigenvalue weighted by Crippen LogP contribution is 2.27. The Hall–Kier alpha value is -2.83. The van der Waals surface area contributed by atoms with Crippen LogP contribution in [-0.4, -0.2) is 53.4 Å². The van der Waals surface area contributed by atoms with Crippen LogP contribution in [-0.2, 0) is 22.4 Å². The Morgan fingerprint density at radius 2 is 1.91 bits per heavy atom. The van der Waals surface area contributed by atoms with Crippen molar-refractivity contribution in [1.29, 1.82) is 0 Å². The van der Waals surface area contributed by atoms with Gasteiger partial charge in [0.15, 0.2) is 0 Å². The summed E-state index contributed by atoms with van der Waals surface area (Å²) in [5.74, 6) is 0.626. The van der Waals surface area contributed by atoms with E-state index in [2.05, 4.69) is 13.8 Å². The van der Waals surface area contributed by atoms with Crippen molar-refractivity contribution in [3.63, 3.8) is 0 Å². The molecule has 1 aliphatic heterocycles. The molecule has 0 N–H and O–H groups in total. The molecular formula is C25H35N3O4. The van der Waals surface area contributed by atoms with Gasteiger partial charge >= 0.3 is 5.97 Å². The molecule has 7 nitrogen and oxygen atoms in total. The molecule has 1 atom stereocenters. The highest BCUT2D eigenvalue weighted by molar-refractivity contribution is 5.97. The van der Waals surface area contributed by atoms with E-state index in [4.69, 9.17) is 14.6 Å². The van der Waals surface area contributed by atoms with E-state index in [1.807, 2.05) is 47.7 Å². The predicted molar refractivity (Wildman–Crippen MR) is 123 cm³/mol. The van der Waals surface area contributed by atoms with Gasteiger partial charge in [-0.3, -0.25) is 9.59 Å². The maximum absolute atomic E-state index is 13.8. The number of rotatable bonds is 8. The zero-order chi connectivity index (χ0) is 23.3. The lowest BCUT2D eigenvalue weighted by molar-refractivity contribution is -0.149. The van der Waals surface area contributed by atoms with Crippen molar-refractivity contribution >= 4 is 11.9 Å². The van der Waals surface area contributed by atoms with Gasteiger partial charge in [0, 0.05) is 13.1 Å². The monoisotopic (exact) mass is 441 g/mol. The maximum Gasteiger partial charge on any atom is 0.310 e. The van der Waals surface area contributed by atoms with Gasteiger partial charge in [0.25, 0.3) is 5.91 Å². The van der Waals surface area contributed by atoms with Crippen LogP contribution in [0.1, 0.15) is 62.3 Å². The van der Waals surface area contributed by atoms with Gasteiger partial charge in [-0.05, 0) is 62.8 Å². The number of ether oxygens (including phenoxy) is 2. The summed E-state index contributed by atoms with van der Waals surface area (Å²) in [7, 11) is 1.64. The molecule has 0 aliphatic carbocycles. The molecule has 0 radical (unpaired) electrons. The molecule has 32 heavy (non-hydrogen) atoms. The molecule has 2 heterocycles. The zero-order valence-corrected chi connectivity index (χ0v) is 19.9. The Balaban J connectivity index is 1.98. The molecule has 0 spiro atoms. The molecule has 1 aromatic carbocycles. The standard InChI is InChI=1S/C25H35N3O4/c1-6-22-23(24(29)27-14-8-9-18(16-27)25(30)32-7-2)21(15-17(3)4)26-28(22)19-10-12-20(31-5)13-11-19/h10-13,17-18H,6-9,14-16H2,1-5H3. The fourth-order valence-corrected chi connectivity index (χ4v) is 4.32. The maximum atomic E-state index is 13.8. The van der Waals surface area contributed by atoms with E-state index in [0.717, 1.165) is 35.7 Å². The third-order valence-corrected chi connectivity index (χ3v) is 5.85. The summed E-state index contributed by atoms with van der Waals surface area (Å²) in [5.41, 5.74) is 3.29. The molecule has 7 heteroatoms. The van der Waals surface area contributed by atoms with Crippen molar-refractivity contribution in [2.75, 3.05) is 26.8 Å². The number of carbonyl (C=O) groups is 2. The molecule has 1 fully saturated rings. The Labute approximate surface area is 190 Å². The number of nitrogens with zero attached hydrogens (tertiary/aromatic N) is 3. The van der Waals surface area contributed by atoms with Gasteiger partial charge in [0.2, 0.25) is 0 Å². The minimum atomic E-state index is -0.261. The third kappa shape index (κ3) is 5.14. The number of benzene rings is 1. The van der Waals surface area contributed by atoms with Crippen molar-refractivity contribution < 1.29 is 19.1 Å². The summed E-state index contributed by atoms with van der Waals surface area (Å²) in [4.78, 5) is 27.9. The minimum absolute atomic E-state index is 0.0359. The number of hydrogen-bond donors (Lipinski definition) is 0. The second-order valence-electron chi connectivity index (χ2n) is 8.67. The van der Waals surface area contributed by atoms with Gasteiger partial charge in [-0.2, -0.15) is 5.10 Å². The van der Waals surface area contributed by atoms with E-state index in [1.54, 1.807) is 7.11 Å². The Bertz CT molecular complexity index is 933. The first-order chi connectivity index (χ1) is 15.4. The Morgan fingerprint density at radius 1 is 1.19 bits per heavy atom. The van der Waals surface area contributed by atoms with Crippen molar-refractivity contribution in [2.24, 2.45) is 11.8 Å². The van der Waals surface area contributed by atoms with Gasteiger partial charge in [0.05, 0.1) is 42.3 Å². The van der Waals surface area contributed by atoms with Crippen molar-refractivity contribution in [3.8, 4) is 11.4 Å². The molecule has 1 aromatic heterocycles. The Kier molecular flexibility index (Phi) is 7.94. The number of likely N-dealkylation sites (tertiary alicyclic amines) is 1. The van der Waals surface area contributed by atoms with Crippen molar-refractivity contribution in [2.45, 2.75) is 53.4 Å². The molecule has 3 rings (SSSR count). The van der Waals surface area contributed by atoms with Crippen LogP contribution >= 0.6 is 0 Å². The SMILES string of the molecule is CCOC(=O)C1CCCN(C(=O)c2c(CC(C)C)nn(-c3ccc(OC)cc3)c2CC)C1. The average Bonchev–Trinajstić information content (AvgIpc) is 3.16. The Morgan fingerprint density at radius 3 is 2.50 bits per heavy atom. The average molecular weight is 442 g/mol. The summed E-state index contributed by atoms with van der Waals surface area (Å²) in [6.07, 6.45) is 2.94. The number of esters is 1. The smallest absolute Gasteiger partial charge is 0.310 e. The van der Waals surface area contributed by atoms with Crippen LogP contribution in [0.25, 0.3) is 5.69 Å². The molecular weight excluding hydrogens is 406 g/mol. The van der Waals surface area contributed by atoms with E-state index in [-0.39, 0.29) is 17.8 Å². The zero-order valence-electron chi connectivity index (χ0n) is 19.9. The van der Waals surface area contributed by atoms with Crippen LogP contribution in [0.2, 0.25) is 0 Å². The van der Waals surface area contributed by atoms with Gasteiger partial charge in [-0.1, -0.05) is 20.8 Å². The summed E-state index contributed by atoms with van der Waals surface area (Å²) in [5, 5.41) is 4.88. The first kappa shape index (κ1) is 23.8. The molecule has 0 bridgehead atoms. The molecule has 2 aromatic rings.